The van der Waals surface area contributed by atoms with Crippen LogP contribution in [0.1, 0.15) is 31.6 Å². The molecule has 1 atom stereocenters. The molecule has 112 valence electrons. The van der Waals surface area contributed by atoms with Gasteiger partial charge in [0.25, 0.3) is 0 Å². The molecule has 1 unspecified atom stereocenters. The van der Waals surface area contributed by atoms with Crippen LogP contribution in [-0.2, 0) is 11.3 Å². The normalized spacial score (nSPS) is 12.8. The molecule has 1 heterocycles. The molecule has 0 bridgehead atoms. The predicted octanol–water partition coefficient (Wildman–Crippen LogP) is 1.72. The van der Waals surface area contributed by atoms with Crippen LogP contribution in [0.15, 0.2) is 22.5 Å². The van der Waals surface area contributed by atoms with Crippen molar-refractivity contribution < 1.29 is 4.79 Å². The highest BCUT2D eigenvalue weighted by Gasteiger charge is 2.05. The summed E-state index contributed by atoms with van der Waals surface area (Å²) < 4.78 is 0. The lowest BCUT2D eigenvalue weighted by Crippen LogP contribution is -2.39. The smallest absolute Gasteiger partial charge is 0.221 e. The van der Waals surface area contributed by atoms with E-state index in [1.54, 1.807) is 18.4 Å². The van der Waals surface area contributed by atoms with E-state index in [0.29, 0.717) is 13.0 Å². The summed E-state index contributed by atoms with van der Waals surface area (Å²) in [6.07, 6.45) is 1.40. The van der Waals surface area contributed by atoms with Crippen LogP contribution >= 0.6 is 11.3 Å². The Bertz CT molecular complexity index is 417. The van der Waals surface area contributed by atoms with Gasteiger partial charge < -0.3 is 16.0 Å². The molecule has 0 saturated heterocycles. The number of thiophene rings is 1. The predicted molar refractivity (Wildman–Crippen MR) is 85.0 cm³/mol. The zero-order valence-corrected chi connectivity index (χ0v) is 13.2. The van der Waals surface area contributed by atoms with E-state index in [-0.39, 0.29) is 11.9 Å². The maximum Gasteiger partial charge on any atom is 0.221 e. The first-order chi connectivity index (χ1) is 9.65. The van der Waals surface area contributed by atoms with Gasteiger partial charge in [-0.2, -0.15) is 0 Å². The Morgan fingerprint density at radius 2 is 2.25 bits per heavy atom. The van der Waals surface area contributed by atoms with E-state index in [1.807, 2.05) is 18.4 Å². The Kier molecular flexibility index (Phi) is 7.72. The summed E-state index contributed by atoms with van der Waals surface area (Å²) in [6.45, 7) is 5.38. The molecule has 0 spiro atoms. The van der Waals surface area contributed by atoms with Crippen LogP contribution in [0.2, 0.25) is 0 Å². The van der Waals surface area contributed by atoms with Crippen LogP contribution in [0.4, 0.5) is 0 Å². The molecule has 0 fully saturated rings. The van der Waals surface area contributed by atoms with Crippen molar-refractivity contribution in [1.29, 1.82) is 0 Å². The standard InChI is InChI=1S/C14H24N4OS/c1-4-11(2)18-13(19)7-8-16-14(15-3)17-10-12-6-5-9-20-12/h5-6,9,11H,4,7-8,10H2,1-3H3,(H,18,19)(H2,15,16,17). The fourth-order valence-electron chi connectivity index (χ4n) is 1.55. The third kappa shape index (κ3) is 6.56. The Morgan fingerprint density at radius 3 is 2.85 bits per heavy atom. The summed E-state index contributed by atoms with van der Waals surface area (Å²) in [5.41, 5.74) is 0. The number of nitrogens with zero attached hydrogens (tertiary/aromatic N) is 1. The number of hydrogen-bond acceptors (Lipinski definition) is 3. The number of guanidine groups is 1. The van der Waals surface area contributed by atoms with Gasteiger partial charge >= 0.3 is 0 Å². The molecule has 0 saturated carbocycles. The molecule has 1 amide bonds. The van der Waals surface area contributed by atoms with E-state index in [2.05, 4.69) is 33.9 Å². The van der Waals surface area contributed by atoms with Gasteiger partial charge in [-0.1, -0.05) is 13.0 Å². The Morgan fingerprint density at radius 1 is 1.45 bits per heavy atom. The minimum atomic E-state index is 0.0700. The highest BCUT2D eigenvalue weighted by atomic mass is 32.1. The summed E-state index contributed by atoms with van der Waals surface area (Å²) in [4.78, 5) is 17.0. The van der Waals surface area contributed by atoms with Crippen molar-refractivity contribution in [2.45, 2.75) is 39.3 Å². The molecule has 0 aliphatic rings. The first kappa shape index (κ1) is 16.5. The van der Waals surface area contributed by atoms with Gasteiger partial charge in [-0.3, -0.25) is 9.79 Å². The number of nitrogens with one attached hydrogen (secondary N) is 3. The van der Waals surface area contributed by atoms with Crippen molar-refractivity contribution in [2.75, 3.05) is 13.6 Å². The maximum absolute atomic E-state index is 11.6. The second-order valence-corrected chi connectivity index (χ2v) is 5.59. The molecule has 0 aliphatic heterocycles. The summed E-state index contributed by atoms with van der Waals surface area (Å²) in [7, 11) is 1.73. The molecular formula is C14H24N4OS. The lowest BCUT2D eigenvalue weighted by atomic mass is 10.2. The van der Waals surface area contributed by atoms with Crippen molar-refractivity contribution in [2.24, 2.45) is 4.99 Å². The van der Waals surface area contributed by atoms with E-state index >= 15 is 0 Å². The van der Waals surface area contributed by atoms with Crippen molar-refractivity contribution in [3.63, 3.8) is 0 Å². The van der Waals surface area contributed by atoms with Gasteiger partial charge in [-0.15, -0.1) is 11.3 Å². The molecule has 3 N–H and O–H groups in total. The van der Waals surface area contributed by atoms with Crippen molar-refractivity contribution in [3.8, 4) is 0 Å². The number of amides is 1. The lowest BCUT2D eigenvalue weighted by Gasteiger charge is -2.13. The molecule has 5 nitrogen and oxygen atoms in total. The van der Waals surface area contributed by atoms with E-state index in [1.165, 1.54) is 4.88 Å². The average Bonchev–Trinajstić information content (AvgIpc) is 2.95. The molecule has 0 aliphatic carbocycles. The highest BCUT2D eigenvalue weighted by Crippen LogP contribution is 2.06. The first-order valence-corrected chi connectivity index (χ1v) is 7.80. The van der Waals surface area contributed by atoms with Gasteiger partial charge in [-0.05, 0) is 24.8 Å². The second kappa shape index (κ2) is 9.36. The van der Waals surface area contributed by atoms with Crippen LogP contribution in [0.5, 0.6) is 0 Å². The number of carbonyl (C=O) groups is 1. The molecule has 20 heavy (non-hydrogen) atoms. The van der Waals surface area contributed by atoms with Crippen LogP contribution in [-0.4, -0.2) is 31.5 Å². The summed E-state index contributed by atoms with van der Waals surface area (Å²) in [6, 6.07) is 4.33. The van der Waals surface area contributed by atoms with Crippen LogP contribution in [0.25, 0.3) is 0 Å². The molecule has 1 rings (SSSR count). The van der Waals surface area contributed by atoms with Gasteiger partial charge in [0.05, 0.1) is 6.54 Å². The van der Waals surface area contributed by atoms with Crippen molar-refractivity contribution in [3.05, 3.63) is 22.4 Å². The summed E-state index contributed by atoms with van der Waals surface area (Å²) in [5, 5.41) is 11.3. The van der Waals surface area contributed by atoms with Gasteiger partial charge in [0.15, 0.2) is 5.96 Å². The third-order valence-corrected chi connectivity index (χ3v) is 3.77. The molecule has 6 heteroatoms. The summed E-state index contributed by atoms with van der Waals surface area (Å²) in [5.74, 6) is 0.787. The van der Waals surface area contributed by atoms with Crippen LogP contribution in [0.3, 0.4) is 0 Å². The number of aliphatic imine (C=N–C) groups is 1. The molecule has 0 radical (unpaired) electrons. The monoisotopic (exact) mass is 296 g/mol. The molecule has 0 aromatic carbocycles. The largest absolute Gasteiger partial charge is 0.356 e. The third-order valence-electron chi connectivity index (χ3n) is 2.90. The number of hydrogen-bond donors (Lipinski definition) is 3. The van der Waals surface area contributed by atoms with E-state index in [9.17, 15) is 4.79 Å². The molecule has 1 aromatic heterocycles. The molecular weight excluding hydrogens is 272 g/mol. The first-order valence-electron chi connectivity index (χ1n) is 6.92. The van der Waals surface area contributed by atoms with E-state index in [4.69, 9.17) is 0 Å². The average molecular weight is 296 g/mol. The quantitative estimate of drug-likeness (QED) is 0.530. The van der Waals surface area contributed by atoms with Crippen LogP contribution in [0, 0.1) is 0 Å². The Balaban J connectivity index is 2.20. The second-order valence-electron chi connectivity index (χ2n) is 4.56. The Hall–Kier alpha value is -1.56. The zero-order chi connectivity index (χ0) is 14.8. The fourth-order valence-corrected chi connectivity index (χ4v) is 2.19. The van der Waals surface area contributed by atoms with Gasteiger partial charge in [0.1, 0.15) is 0 Å². The van der Waals surface area contributed by atoms with E-state index < -0.39 is 0 Å². The van der Waals surface area contributed by atoms with Crippen molar-refractivity contribution in [1.82, 2.24) is 16.0 Å². The summed E-state index contributed by atoms with van der Waals surface area (Å²) >= 11 is 1.70. The zero-order valence-electron chi connectivity index (χ0n) is 12.4. The van der Waals surface area contributed by atoms with Crippen LogP contribution < -0.4 is 16.0 Å². The maximum atomic E-state index is 11.6. The topological polar surface area (TPSA) is 65.5 Å². The highest BCUT2D eigenvalue weighted by molar-refractivity contribution is 7.09. The van der Waals surface area contributed by atoms with Gasteiger partial charge in [0.2, 0.25) is 5.91 Å². The number of carbonyl (C=O) groups excluding carboxylic acids is 1. The SMILES string of the molecule is CCC(C)NC(=O)CCNC(=NC)NCc1cccs1. The van der Waals surface area contributed by atoms with Gasteiger partial charge in [0, 0.05) is 30.9 Å². The van der Waals surface area contributed by atoms with E-state index in [0.717, 1.165) is 18.9 Å². The van der Waals surface area contributed by atoms with Gasteiger partial charge in [-0.25, -0.2) is 0 Å². The fraction of sp³-hybridized carbons (Fsp3) is 0.571. The minimum Gasteiger partial charge on any atom is -0.356 e. The van der Waals surface area contributed by atoms with Crippen molar-refractivity contribution >= 4 is 23.2 Å². The molecule has 1 aromatic rings. The minimum absolute atomic E-state index is 0.0700. The number of rotatable bonds is 7. The Labute approximate surface area is 124 Å². The lowest BCUT2D eigenvalue weighted by molar-refractivity contribution is -0.121.